The Balaban J connectivity index is 2.20. The molecule has 1 heterocycles. The summed E-state index contributed by atoms with van der Waals surface area (Å²) < 4.78 is 6.24. The van der Waals surface area contributed by atoms with Crippen molar-refractivity contribution in [1.29, 1.82) is 0 Å². The van der Waals surface area contributed by atoms with Crippen LogP contribution in [0.4, 0.5) is 0 Å². The fourth-order valence-electron chi connectivity index (χ4n) is 1.60. The van der Waals surface area contributed by atoms with Gasteiger partial charge in [-0.05, 0) is 23.8 Å². The van der Waals surface area contributed by atoms with Crippen molar-refractivity contribution in [3.05, 3.63) is 44.8 Å². The van der Waals surface area contributed by atoms with Crippen LogP contribution in [-0.2, 0) is 6.42 Å². The number of rotatable bonds is 4. The fourth-order valence-corrected chi connectivity index (χ4v) is 2.63. The van der Waals surface area contributed by atoms with Crippen molar-refractivity contribution in [2.45, 2.75) is 12.5 Å². The van der Waals surface area contributed by atoms with Crippen LogP contribution in [0, 0.1) is 0 Å². The topological polar surface area (TPSA) is 42.4 Å². The Bertz CT molecular complexity index is 487. The minimum Gasteiger partial charge on any atom is -0.496 e. The molecule has 1 unspecified atom stereocenters. The zero-order valence-corrected chi connectivity index (χ0v) is 11.7. The summed E-state index contributed by atoms with van der Waals surface area (Å²) in [6.07, 6.45) is 1.61. The van der Waals surface area contributed by atoms with Crippen molar-refractivity contribution in [3.8, 4) is 5.75 Å². The zero-order valence-electron chi connectivity index (χ0n) is 9.26. The summed E-state index contributed by atoms with van der Waals surface area (Å²) in [6.45, 7) is 0. The number of aliphatic hydroxyl groups is 1. The highest BCUT2D eigenvalue weighted by Gasteiger charge is 2.14. The van der Waals surface area contributed by atoms with Gasteiger partial charge in [0.15, 0.2) is 0 Å². The summed E-state index contributed by atoms with van der Waals surface area (Å²) >= 11 is 4.87. The third-order valence-corrected chi connectivity index (χ3v) is 3.76. The van der Waals surface area contributed by atoms with E-state index in [4.69, 9.17) is 4.74 Å². The van der Waals surface area contributed by atoms with E-state index in [2.05, 4.69) is 20.9 Å². The molecule has 0 saturated heterocycles. The molecule has 0 aliphatic rings. The maximum absolute atomic E-state index is 10.1. The van der Waals surface area contributed by atoms with Crippen molar-refractivity contribution < 1.29 is 9.84 Å². The smallest absolute Gasteiger partial charge is 0.122 e. The van der Waals surface area contributed by atoms with Gasteiger partial charge in [0, 0.05) is 22.5 Å². The van der Waals surface area contributed by atoms with Gasteiger partial charge in [0.1, 0.15) is 16.9 Å². The lowest BCUT2D eigenvalue weighted by Gasteiger charge is -2.12. The van der Waals surface area contributed by atoms with Crippen LogP contribution < -0.4 is 4.74 Å². The normalized spacial score (nSPS) is 12.4. The summed E-state index contributed by atoms with van der Waals surface area (Å²) in [5.74, 6) is 0.781. The Morgan fingerprint density at radius 1 is 1.53 bits per heavy atom. The van der Waals surface area contributed by atoms with Crippen LogP contribution >= 0.6 is 27.3 Å². The van der Waals surface area contributed by atoms with E-state index in [1.165, 1.54) is 11.3 Å². The molecule has 17 heavy (non-hydrogen) atoms. The quantitative estimate of drug-likeness (QED) is 0.942. The number of hydrogen-bond donors (Lipinski definition) is 1. The summed E-state index contributed by atoms with van der Waals surface area (Å²) in [5, 5.41) is 12.6. The van der Waals surface area contributed by atoms with E-state index in [1.807, 2.05) is 23.6 Å². The van der Waals surface area contributed by atoms with Crippen molar-refractivity contribution in [3.63, 3.8) is 0 Å². The Labute approximate surface area is 112 Å². The van der Waals surface area contributed by atoms with Crippen LogP contribution in [0.2, 0.25) is 0 Å². The number of ether oxygens (including phenoxy) is 1. The molecule has 2 aromatic rings. The lowest BCUT2D eigenvalue weighted by molar-refractivity contribution is 0.177. The molecule has 3 nitrogen and oxygen atoms in total. The number of halogens is 1. The van der Waals surface area contributed by atoms with Gasteiger partial charge < -0.3 is 9.84 Å². The van der Waals surface area contributed by atoms with E-state index >= 15 is 0 Å². The summed E-state index contributed by atoms with van der Waals surface area (Å²) in [7, 11) is 1.63. The Morgan fingerprint density at radius 3 is 3.00 bits per heavy atom. The number of aliphatic hydroxyl groups excluding tert-OH is 1. The van der Waals surface area contributed by atoms with Crippen molar-refractivity contribution in [2.24, 2.45) is 0 Å². The predicted octanol–water partition coefficient (Wildman–Crippen LogP) is 3.19. The van der Waals surface area contributed by atoms with Gasteiger partial charge in [0.2, 0.25) is 0 Å². The average molecular weight is 314 g/mol. The SMILES string of the molecule is COc1ccc(Br)cc1CC(O)c1nccs1. The molecule has 2 rings (SSSR count). The number of aromatic nitrogens is 1. The largest absolute Gasteiger partial charge is 0.496 e. The molecule has 0 amide bonds. The van der Waals surface area contributed by atoms with Crippen molar-refractivity contribution in [1.82, 2.24) is 4.98 Å². The van der Waals surface area contributed by atoms with Gasteiger partial charge in [-0.25, -0.2) is 4.98 Å². The molecule has 1 aromatic carbocycles. The first kappa shape index (κ1) is 12.5. The van der Waals surface area contributed by atoms with E-state index in [1.54, 1.807) is 13.3 Å². The first-order valence-corrected chi connectivity index (χ1v) is 6.78. The highest BCUT2D eigenvalue weighted by Crippen LogP contribution is 2.28. The predicted molar refractivity (Wildman–Crippen MR) is 71.5 cm³/mol. The van der Waals surface area contributed by atoms with Crippen LogP contribution in [0.25, 0.3) is 0 Å². The first-order chi connectivity index (χ1) is 8.20. The summed E-state index contributed by atoms with van der Waals surface area (Å²) in [6, 6.07) is 5.75. The molecule has 0 aliphatic carbocycles. The molecule has 0 saturated carbocycles. The molecule has 0 bridgehead atoms. The van der Waals surface area contributed by atoms with E-state index < -0.39 is 6.10 Å². The van der Waals surface area contributed by atoms with Crippen molar-refractivity contribution in [2.75, 3.05) is 7.11 Å². The number of hydrogen-bond acceptors (Lipinski definition) is 4. The van der Waals surface area contributed by atoms with E-state index in [0.717, 1.165) is 20.8 Å². The number of thiazole rings is 1. The van der Waals surface area contributed by atoms with E-state index in [9.17, 15) is 5.11 Å². The summed E-state index contributed by atoms with van der Waals surface area (Å²) in [4.78, 5) is 4.11. The lowest BCUT2D eigenvalue weighted by Crippen LogP contribution is -2.03. The molecule has 5 heteroatoms. The molecule has 0 radical (unpaired) electrons. The second-order valence-electron chi connectivity index (χ2n) is 3.55. The van der Waals surface area contributed by atoms with Crippen LogP contribution in [0.5, 0.6) is 5.75 Å². The fraction of sp³-hybridized carbons (Fsp3) is 0.250. The van der Waals surface area contributed by atoms with Crippen LogP contribution in [0.15, 0.2) is 34.2 Å². The van der Waals surface area contributed by atoms with Gasteiger partial charge in [-0.3, -0.25) is 0 Å². The third-order valence-electron chi connectivity index (χ3n) is 2.39. The number of nitrogens with zero attached hydrogens (tertiary/aromatic N) is 1. The molecule has 90 valence electrons. The van der Waals surface area contributed by atoms with Gasteiger partial charge in [-0.2, -0.15) is 0 Å². The molecule has 1 atom stereocenters. The maximum atomic E-state index is 10.1. The molecule has 0 spiro atoms. The van der Waals surface area contributed by atoms with Crippen molar-refractivity contribution >= 4 is 27.3 Å². The van der Waals surface area contributed by atoms with Gasteiger partial charge in [0.05, 0.1) is 7.11 Å². The third kappa shape index (κ3) is 3.06. The maximum Gasteiger partial charge on any atom is 0.122 e. The van der Waals surface area contributed by atoms with Gasteiger partial charge >= 0.3 is 0 Å². The Kier molecular flexibility index (Phi) is 4.15. The van der Waals surface area contributed by atoms with E-state index in [-0.39, 0.29) is 0 Å². The zero-order chi connectivity index (χ0) is 12.3. The Hall–Kier alpha value is -0.910. The molecule has 0 fully saturated rings. The highest BCUT2D eigenvalue weighted by atomic mass is 79.9. The average Bonchev–Trinajstić information content (AvgIpc) is 2.83. The second-order valence-corrected chi connectivity index (χ2v) is 5.39. The van der Waals surface area contributed by atoms with Gasteiger partial charge in [-0.1, -0.05) is 15.9 Å². The molecular formula is C12H12BrNO2S. The number of methoxy groups -OCH3 is 1. The molecule has 0 aliphatic heterocycles. The summed E-state index contributed by atoms with van der Waals surface area (Å²) in [5.41, 5.74) is 0.963. The van der Waals surface area contributed by atoms with Gasteiger partial charge in [0.25, 0.3) is 0 Å². The Morgan fingerprint density at radius 2 is 2.35 bits per heavy atom. The van der Waals surface area contributed by atoms with Crippen LogP contribution in [-0.4, -0.2) is 17.2 Å². The highest BCUT2D eigenvalue weighted by molar-refractivity contribution is 9.10. The minimum absolute atomic E-state index is 0.496. The molecule has 1 N–H and O–H groups in total. The minimum atomic E-state index is -0.585. The molecular weight excluding hydrogens is 302 g/mol. The van der Waals surface area contributed by atoms with Gasteiger partial charge in [-0.15, -0.1) is 11.3 Å². The second kappa shape index (κ2) is 5.62. The lowest BCUT2D eigenvalue weighted by atomic mass is 10.1. The van der Waals surface area contributed by atoms with Crippen LogP contribution in [0.1, 0.15) is 16.7 Å². The monoisotopic (exact) mass is 313 g/mol. The molecule has 1 aromatic heterocycles. The first-order valence-electron chi connectivity index (χ1n) is 5.10. The van der Waals surface area contributed by atoms with Crippen LogP contribution in [0.3, 0.4) is 0 Å². The van der Waals surface area contributed by atoms with E-state index in [0.29, 0.717) is 6.42 Å². The number of benzene rings is 1. The standard InChI is InChI=1S/C12H12BrNO2S/c1-16-11-3-2-9(13)6-8(11)7-10(15)12-14-4-5-17-12/h2-6,10,15H,7H2,1H3.